The van der Waals surface area contributed by atoms with E-state index in [1.807, 2.05) is 19.1 Å². The maximum Gasteiger partial charge on any atom is 0.272 e. The Morgan fingerprint density at radius 2 is 1.71 bits per heavy atom. The molecule has 140 valence electrons. The number of anilines is 1. The highest BCUT2D eigenvalue weighted by Gasteiger charge is 2.15. The van der Waals surface area contributed by atoms with Gasteiger partial charge in [-0.3, -0.25) is 14.6 Å². The highest BCUT2D eigenvalue weighted by Crippen LogP contribution is 2.12. The summed E-state index contributed by atoms with van der Waals surface area (Å²) in [7, 11) is 0. The van der Waals surface area contributed by atoms with Gasteiger partial charge in [0.2, 0.25) is 0 Å². The molecule has 2 aromatic carbocycles. The van der Waals surface area contributed by atoms with Crippen LogP contribution in [-0.2, 0) is 4.79 Å². The summed E-state index contributed by atoms with van der Waals surface area (Å²) in [5.41, 5.74) is 2.56. The molecule has 2 amide bonds. The number of hydrogen-bond acceptors (Lipinski definition) is 3. The van der Waals surface area contributed by atoms with E-state index < -0.39 is 17.6 Å². The molecule has 0 aliphatic heterocycles. The molecular weight excluding hydrogens is 357 g/mol. The average Bonchev–Trinajstić information content (AvgIpc) is 2.70. The molecule has 1 heterocycles. The third-order valence-electron chi connectivity index (χ3n) is 3.90. The Bertz CT molecular complexity index is 998. The number of nitrogens with one attached hydrogen (secondary N) is 2. The molecule has 0 aliphatic rings. The minimum absolute atomic E-state index is 0.0444. The van der Waals surface area contributed by atoms with Crippen LogP contribution in [0, 0.1) is 12.7 Å². The Morgan fingerprint density at radius 1 is 1.00 bits per heavy atom. The summed E-state index contributed by atoms with van der Waals surface area (Å²) in [6.45, 7) is 1.92. The number of carbonyl (C=O) groups is 2. The van der Waals surface area contributed by atoms with E-state index >= 15 is 0 Å². The summed E-state index contributed by atoms with van der Waals surface area (Å²) in [5, 5.41) is 5.29. The number of halogens is 1. The molecule has 2 N–H and O–H groups in total. The van der Waals surface area contributed by atoms with E-state index in [0.29, 0.717) is 16.8 Å². The zero-order valence-electron chi connectivity index (χ0n) is 15.1. The van der Waals surface area contributed by atoms with Crippen LogP contribution in [0.3, 0.4) is 0 Å². The van der Waals surface area contributed by atoms with Crippen molar-refractivity contribution in [2.75, 3.05) is 5.32 Å². The highest BCUT2D eigenvalue weighted by atomic mass is 19.1. The Morgan fingerprint density at radius 3 is 2.36 bits per heavy atom. The SMILES string of the molecule is Cc1ccc(C(=O)NC(=Cc2cccnc2)C(=O)Nc2ccc(F)cc2)cc1. The Hall–Kier alpha value is -3.80. The molecule has 1 aromatic heterocycles. The Labute approximate surface area is 161 Å². The fourth-order valence-electron chi connectivity index (χ4n) is 2.42. The maximum atomic E-state index is 13.1. The van der Waals surface area contributed by atoms with Crippen molar-refractivity contribution in [1.29, 1.82) is 0 Å². The van der Waals surface area contributed by atoms with E-state index in [0.717, 1.165) is 5.56 Å². The molecule has 0 fully saturated rings. The predicted molar refractivity (Wildman–Crippen MR) is 106 cm³/mol. The molecular formula is C22H18FN3O2. The van der Waals surface area contributed by atoms with Gasteiger partial charge in [0.25, 0.3) is 11.8 Å². The van der Waals surface area contributed by atoms with Gasteiger partial charge in [0, 0.05) is 23.6 Å². The van der Waals surface area contributed by atoms with Crippen LogP contribution in [-0.4, -0.2) is 16.8 Å². The van der Waals surface area contributed by atoms with E-state index in [1.165, 1.54) is 30.3 Å². The van der Waals surface area contributed by atoms with Crippen LogP contribution in [0.15, 0.2) is 78.8 Å². The summed E-state index contributed by atoms with van der Waals surface area (Å²) >= 11 is 0. The lowest BCUT2D eigenvalue weighted by atomic mass is 10.1. The second-order valence-corrected chi connectivity index (χ2v) is 6.13. The van der Waals surface area contributed by atoms with Crippen molar-refractivity contribution in [3.8, 4) is 0 Å². The van der Waals surface area contributed by atoms with Gasteiger partial charge in [-0.2, -0.15) is 0 Å². The van der Waals surface area contributed by atoms with Gasteiger partial charge in [0.15, 0.2) is 0 Å². The molecule has 3 aromatic rings. The van der Waals surface area contributed by atoms with Crippen molar-refractivity contribution in [3.63, 3.8) is 0 Å². The molecule has 0 radical (unpaired) electrons. The molecule has 0 spiro atoms. The van der Waals surface area contributed by atoms with Gasteiger partial charge in [-0.1, -0.05) is 23.8 Å². The quantitative estimate of drug-likeness (QED) is 0.664. The van der Waals surface area contributed by atoms with Gasteiger partial charge >= 0.3 is 0 Å². The molecule has 0 unspecified atom stereocenters. The lowest BCUT2D eigenvalue weighted by Gasteiger charge is -2.11. The standard InChI is InChI=1S/C22H18FN3O2/c1-15-4-6-17(7-5-15)21(27)26-20(13-16-3-2-12-24-14-16)22(28)25-19-10-8-18(23)9-11-19/h2-14H,1H3,(H,25,28)(H,26,27). The second kappa shape index (κ2) is 8.73. The van der Waals surface area contributed by atoms with Gasteiger partial charge in [-0.25, -0.2) is 4.39 Å². The number of pyridine rings is 1. The van der Waals surface area contributed by atoms with Crippen molar-refractivity contribution in [2.24, 2.45) is 0 Å². The van der Waals surface area contributed by atoms with E-state index in [1.54, 1.807) is 36.7 Å². The first kappa shape index (κ1) is 19.0. The second-order valence-electron chi connectivity index (χ2n) is 6.13. The lowest BCUT2D eigenvalue weighted by Crippen LogP contribution is -2.30. The van der Waals surface area contributed by atoms with Gasteiger partial charge in [-0.05, 0) is 61.0 Å². The first-order valence-electron chi connectivity index (χ1n) is 8.58. The molecule has 28 heavy (non-hydrogen) atoms. The fraction of sp³-hybridized carbons (Fsp3) is 0.0455. The number of benzene rings is 2. The topological polar surface area (TPSA) is 71.1 Å². The number of rotatable bonds is 5. The molecule has 5 nitrogen and oxygen atoms in total. The summed E-state index contributed by atoms with van der Waals surface area (Å²) in [6, 6.07) is 15.9. The Balaban J connectivity index is 1.85. The molecule has 0 atom stereocenters. The lowest BCUT2D eigenvalue weighted by molar-refractivity contribution is -0.113. The van der Waals surface area contributed by atoms with E-state index in [-0.39, 0.29) is 5.70 Å². The summed E-state index contributed by atoms with van der Waals surface area (Å²) in [6.07, 6.45) is 4.71. The average molecular weight is 375 g/mol. The van der Waals surface area contributed by atoms with Crippen molar-refractivity contribution in [3.05, 3.63) is 101 Å². The monoisotopic (exact) mass is 375 g/mol. The van der Waals surface area contributed by atoms with E-state index in [9.17, 15) is 14.0 Å². The summed E-state index contributed by atoms with van der Waals surface area (Å²) < 4.78 is 13.1. The van der Waals surface area contributed by atoms with Crippen LogP contribution in [0.2, 0.25) is 0 Å². The minimum Gasteiger partial charge on any atom is -0.321 e. The largest absolute Gasteiger partial charge is 0.321 e. The molecule has 0 saturated heterocycles. The van der Waals surface area contributed by atoms with Crippen LogP contribution < -0.4 is 10.6 Å². The van der Waals surface area contributed by atoms with Crippen molar-refractivity contribution < 1.29 is 14.0 Å². The fourth-order valence-corrected chi connectivity index (χ4v) is 2.42. The van der Waals surface area contributed by atoms with Crippen molar-refractivity contribution in [2.45, 2.75) is 6.92 Å². The maximum absolute atomic E-state index is 13.1. The van der Waals surface area contributed by atoms with Crippen LogP contribution >= 0.6 is 0 Å². The summed E-state index contributed by atoms with van der Waals surface area (Å²) in [5.74, 6) is -1.35. The number of carbonyl (C=O) groups excluding carboxylic acids is 2. The van der Waals surface area contributed by atoms with Crippen LogP contribution in [0.1, 0.15) is 21.5 Å². The van der Waals surface area contributed by atoms with Crippen LogP contribution in [0.25, 0.3) is 6.08 Å². The molecule has 0 bridgehead atoms. The van der Waals surface area contributed by atoms with Crippen LogP contribution in [0.4, 0.5) is 10.1 Å². The van der Waals surface area contributed by atoms with Crippen molar-refractivity contribution >= 4 is 23.6 Å². The van der Waals surface area contributed by atoms with Gasteiger partial charge < -0.3 is 10.6 Å². The van der Waals surface area contributed by atoms with Gasteiger partial charge in [0.05, 0.1) is 0 Å². The number of hydrogen-bond donors (Lipinski definition) is 2. The zero-order chi connectivity index (χ0) is 19.9. The third kappa shape index (κ3) is 5.11. The minimum atomic E-state index is -0.532. The zero-order valence-corrected chi connectivity index (χ0v) is 15.1. The first-order valence-corrected chi connectivity index (χ1v) is 8.58. The molecule has 3 rings (SSSR count). The van der Waals surface area contributed by atoms with Crippen molar-refractivity contribution in [1.82, 2.24) is 10.3 Å². The molecule has 0 aliphatic carbocycles. The molecule has 0 saturated carbocycles. The van der Waals surface area contributed by atoms with E-state index in [4.69, 9.17) is 0 Å². The number of amides is 2. The van der Waals surface area contributed by atoms with E-state index in [2.05, 4.69) is 15.6 Å². The summed E-state index contributed by atoms with van der Waals surface area (Å²) in [4.78, 5) is 29.3. The highest BCUT2D eigenvalue weighted by molar-refractivity contribution is 6.10. The predicted octanol–water partition coefficient (Wildman–Crippen LogP) is 3.94. The normalized spacial score (nSPS) is 11.0. The number of aryl methyl sites for hydroxylation is 1. The third-order valence-corrected chi connectivity index (χ3v) is 3.90. The van der Waals surface area contributed by atoms with Gasteiger partial charge in [-0.15, -0.1) is 0 Å². The molecule has 6 heteroatoms. The number of aromatic nitrogens is 1. The number of nitrogens with zero attached hydrogens (tertiary/aromatic N) is 1. The first-order chi connectivity index (χ1) is 13.5. The van der Waals surface area contributed by atoms with Gasteiger partial charge in [0.1, 0.15) is 11.5 Å². The smallest absolute Gasteiger partial charge is 0.272 e. The Kier molecular flexibility index (Phi) is 5.91. The van der Waals surface area contributed by atoms with Crippen LogP contribution in [0.5, 0.6) is 0 Å².